The van der Waals surface area contributed by atoms with Crippen molar-refractivity contribution in [1.82, 2.24) is 5.32 Å². The van der Waals surface area contributed by atoms with Crippen molar-refractivity contribution in [3.05, 3.63) is 0 Å². The van der Waals surface area contributed by atoms with Crippen LogP contribution in [0.1, 0.15) is 46.0 Å². The van der Waals surface area contributed by atoms with E-state index in [2.05, 4.69) is 26.2 Å². The molecule has 1 N–H and O–H groups in total. The average molecular weight is 169 g/mol. The molecular formula is C11H23N. The van der Waals surface area contributed by atoms with Gasteiger partial charge in [-0.2, -0.15) is 0 Å². The molecule has 0 aromatic heterocycles. The molecule has 0 aliphatic heterocycles. The predicted octanol–water partition coefficient (Wildman–Crippen LogP) is 2.81. The van der Waals surface area contributed by atoms with E-state index in [0.717, 1.165) is 5.92 Å². The Hall–Kier alpha value is -0.0400. The van der Waals surface area contributed by atoms with Crippen LogP contribution in [0.15, 0.2) is 0 Å². The maximum atomic E-state index is 3.36. The second kappa shape index (κ2) is 4.27. The minimum atomic E-state index is 0.679. The highest BCUT2D eigenvalue weighted by Gasteiger charge is 2.41. The van der Waals surface area contributed by atoms with Gasteiger partial charge in [0.2, 0.25) is 0 Å². The average Bonchev–Trinajstić information content (AvgIpc) is 2.02. The van der Waals surface area contributed by atoms with E-state index in [1.807, 2.05) is 0 Å². The van der Waals surface area contributed by atoms with Crippen LogP contribution in [0.2, 0.25) is 0 Å². The molecule has 1 saturated carbocycles. The molecule has 1 fully saturated rings. The lowest BCUT2D eigenvalue weighted by Crippen LogP contribution is -2.44. The van der Waals surface area contributed by atoms with E-state index < -0.39 is 0 Å². The summed E-state index contributed by atoms with van der Waals surface area (Å²) < 4.78 is 0. The van der Waals surface area contributed by atoms with Gasteiger partial charge in [-0.25, -0.2) is 0 Å². The minimum Gasteiger partial charge on any atom is -0.319 e. The minimum absolute atomic E-state index is 0.679. The van der Waals surface area contributed by atoms with Crippen molar-refractivity contribution in [3.8, 4) is 0 Å². The van der Waals surface area contributed by atoms with Crippen molar-refractivity contribution < 1.29 is 0 Å². The van der Waals surface area contributed by atoms with Crippen LogP contribution < -0.4 is 5.32 Å². The molecule has 1 rings (SSSR count). The number of nitrogens with one attached hydrogen (secondary N) is 1. The quantitative estimate of drug-likeness (QED) is 0.667. The maximum Gasteiger partial charge on any atom is 0.000746 e. The van der Waals surface area contributed by atoms with E-state index in [-0.39, 0.29) is 0 Å². The summed E-state index contributed by atoms with van der Waals surface area (Å²) in [5.41, 5.74) is 0.679. The van der Waals surface area contributed by atoms with Gasteiger partial charge >= 0.3 is 0 Å². The molecule has 12 heavy (non-hydrogen) atoms. The lowest BCUT2D eigenvalue weighted by atomic mass is 9.59. The maximum absolute atomic E-state index is 3.36. The fourth-order valence-corrected chi connectivity index (χ4v) is 2.87. The highest BCUT2D eigenvalue weighted by Crippen LogP contribution is 2.49. The first-order valence-corrected chi connectivity index (χ1v) is 5.43. The van der Waals surface area contributed by atoms with Crippen molar-refractivity contribution in [2.24, 2.45) is 11.3 Å². The van der Waals surface area contributed by atoms with Gasteiger partial charge in [-0.05, 0) is 31.2 Å². The molecule has 0 bridgehead atoms. The molecule has 0 amide bonds. The standard InChI is InChI=1S/C11H23N/c1-4-10(5-2)11(9-12-3)7-6-8-11/h10,12H,4-9H2,1-3H3. The largest absolute Gasteiger partial charge is 0.319 e. The molecule has 0 aromatic rings. The molecule has 0 saturated heterocycles. The Morgan fingerprint density at radius 2 is 1.83 bits per heavy atom. The number of hydrogen-bond donors (Lipinski definition) is 1. The fraction of sp³-hybridized carbons (Fsp3) is 1.00. The number of rotatable bonds is 5. The molecule has 1 aliphatic rings. The van der Waals surface area contributed by atoms with Gasteiger partial charge in [0.05, 0.1) is 0 Å². The molecule has 0 spiro atoms. The van der Waals surface area contributed by atoms with E-state index in [0.29, 0.717) is 5.41 Å². The third-order valence-corrected chi connectivity index (χ3v) is 3.73. The predicted molar refractivity (Wildman–Crippen MR) is 54.3 cm³/mol. The van der Waals surface area contributed by atoms with Crippen molar-refractivity contribution in [3.63, 3.8) is 0 Å². The molecule has 72 valence electrons. The van der Waals surface area contributed by atoms with Gasteiger partial charge in [0.25, 0.3) is 0 Å². The van der Waals surface area contributed by atoms with Gasteiger partial charge in [0, 0.05) is 6.54 Å². The van der Waals surface area contributed by atoms with Crippen molar-refractivity contribution in [2.45, 2.75) is 46.0 Å². The molecular weight excluding hydrogens is 146 g/mol. The second-order valence-electron chi connectivity index (χ2n) is 4.26. The zero-order valence-corrected chi connectivity index (χ0v) is 8.82. The van der Waals surface area contributed by atoms with Gasteiger partial charge in [-0.1, -0.05) is 33.1 Å². The van der Waals surface area contributed by atoms with Crippen molar-refractivity contribution in [1.29, 1.82) is 0 Å². The van der Waals surface area contributed by atoms with Crippen LogP contribution >= 0.6 is 0 Å². The summed E-state index contributed by atoms with van der Waals surface area (Å²) in [5, 5.41) is 3.36. The van der Waals surface area contributed by atoms with E-state index in [1.165, 1.54) is 38.6 Å². The Kier molecular flexibility index (Phi) is 3.57. The Bertz CT molecular complexity index is 123. The summed E-state index contributed by atoms with van der Waals surface area (Å²) in [7, 11) is 2.09. The summed E-state index contributed by atoms with van der Waals surface area (Å²) in [6.45, 7) is 5.91. The van der Waals surface area contributed by atoms with Crippen molar-refractivity contribution in [2.75, 3.05) is 13.6 Å². The van der Waals surface area contributed by atoms with Crippen LogP contribution in [0.25, 0.3) is 0 Å². The van der Waals surface area contributed by atoms with Gasteiger partial charge in [0.1, 0.15) is 0 Å². The summed E-state index contributed by atoms with van der Waals surface area (Å²) >= 11 is 0. The first-order chi connectivity index (χ1) is 5.79. The van der Waals surface area contributed by atoms with Crippen LogP contribution in [0.3, 0.4) is 0 Å². The second-order valence-corrected chi connectivity index (χ2v) is 4.26. The van der Waals surface area contributed by atoms with Crippen LogP contribution in [0, 0.1) is 11.3 Å². The first-order valence-electron chi connectivity index (χ1n) is 5.43. The Morgan fingerprint density at radius 3 is 2.08 bits per heavy atom. The van der Waals surface area contributed by atoms with E-state index in [1.54, 1.807) is 0 Å². The van der Waals surface area contributed by atoms with Crippen LogP contribution in [-0.4, -0.2) is 13.6 Å². The molecule has 0 unspecified atom stereocenters. The molecule has 0 radical (unpaired) electrons. The lowest BCUT2D eigenvalue weighted by molar-refractivity contribution is 0.0453. The fourth-order valence-electron chi connectivity index (χ4n) is 2.87. The molecule has 0 aromatic carbocycles. The third kappa shape index (κ3) is 1.66. The van der Waals surface area contributed by atoms with E-state index in [4.69, 9.17) is 0 Å². The Balaban J connectivity index is 2.51. The summed E-state index contributed by atoms with van der Waals surface area (Å²) in [6.07, 6.45) is 7.09. The van der Waals surface area contributed by atoms with Gasteiger partial charge in [0.15, 0.2) is 0 Å². The summed E-state index contributed by atoms with van der Waals surface area (Å²) in [4.78, 5) is 0. The zero-order valence-electron chi connectivity index (χ0n) is 8.82. The summed E-state index contributed by atoms with van der Waals surface area (Å²) in [6, 6.07) is 0. The highest BCUT2D eigenvalue weighted by atomic mass is 14.8. The zero-order chi connectivity index (χ0) is 9.03. The Labute approximate surface area is 76.9 Å². The topological polar surface area (TPSA) is 12.0 Å². The highest BCUT2D eigenvalue weighted by molar-refractivity contribution is 4.93. The van der Waals surface area contributed by atoms with Gasteiger partial charge in [-0.3, -0.25) is 0 Å². The lowest BCUT2D eigenvalue weighted by Gasteiger charge is -2.47. The van der Waals surface area contributed by atoms with Crippen LogP contribution in [0.4, 0.5) is 0 Å². The molecule has 1 aliphatic carbocycles. The number of hydrogen-bond acceptors (Lipinski definition) is 1. The molecule has 1 nitrogen and oxygen atoms in total. The van der Waals surface area contributed by atoms with Gasteiger partial charge < -0.3 is 5.32 Å². The third-order valence-electron chi connectivity index (χ3n) is 3.73. The monoisotopic (exact) mass is 169 g/mol. The van der Waals surface area contributed by atoms with Crippen molar-refractivity contribution >= 4 is 0 Å². The summed E-state index contributed by atoms with van der Waals surface area (Å²) in [5.74, 6) is 0.957. The van der Waals surface area contributed by atoms with Crippen LogP contribution in [-0.2, 0) is 0 Å². The molecule has 0 atom stereocenters. The van der Waals surface area contributed by atoms with Gasteiger partial charge in [-0.15, -0.1) is 0 Å². The smallest absolute Gasteiger partial charge is 0.000746 e. The molecule has 0 heterocycles. The van der Waals surface area contributed by atoms with E-state index in [9.17, 15) is 0 Å². The molecule has 1 heteroatoms. The normalized spacial score (nSPS) is 21.0. The van der Waals surface area contributed by atoms with Crippen LogP contribution in [0.5, 0.6) is 0 Å². The Morgan fingerprint density at radius 1 is 1.25 bits per heavy atom. The van der Waals surface area contributed by atoms with E-state index >= 15 is 0 Å². The SMILES string of the molecule is CCC(CC)C1(CNC)CCC1. The first kappa shape index (κ1) is 10.0.